The number of nitrogens with zero attached hydrogens (tertiary/aromatic N) is 2. The molecule has 1 atom stereocenters. The average Bonchev–Trinajstić information content (AvgIpc) is 3.15. The second kappa shape index (κ2) is 10.3. The predicted molar refractivity (Wildman–Crippen MR) is 148 cm³/mol. The first-order valence-electron chi connectivity index (χ1n) is 12.3. The second-order valence-corrected chi connectivity index (χ2v) is 13.3. The Morgan fingerprint density at radius 1 is 0.846 bits per heavy atom. The molecule has 2 N–H and O–H groups in total. The summed E-state index contributed by atoms with van der Waals surface area (Å²) >= 11 is 0. The lowest BCUT2D eigenvalue weighted by Crippen LogP contribution is -2.45. The molecule has 1 aliphatic rings. The Morgan fingerprint density at radius 3 is 1.90 bits per heavy atom. The number of imide groups is 1. The van der Waals surface area contributed by atoms with Crippen LogP contribution >= 0.6 is 0 Å². The summed E-state index contributed by atoms with van der Waals surface area (Å²) in [7, 11) is -8.22. The summed E-state index contributed by atoms with van der Waals surface area (Å²) < 4.78 is 53.1. The molecule has 3 aromatic rings. The molecule has 39 heavy (non-hydrogen) atoms. The lowest BCUT2D eigenvalue weighted by molar-refractivity contribution is -0.122. The van der Waals surface area contributed by atoms with E-state index in [1.54, 1.807) is 26.0 Å². The molecule has 0 bridgehead atoms. The van der Waals surface area contributed by atoms with Gasteiger partial charge in [-0.15, -0.1) is 0 Å². The van der Waals surface area contributed by atoms with Crippen LogP contribution in [0.2, 0.25) is 0 Å². The lowest BCUT2D eigenvalue weighted by Gasteiger charge is -2.29. The molecule has 0 radical (unpaired) electrons. The van der Waals surface area contributed by atoms with Crippen LogP contribution in [0.5, 0.6) is 0 Å². The van der Waals surface area contributed by atoms with Gasteiger partial charge in [-0.2, -0.15) is 4.31 Å². The molecule has 0 spiro atoms. The van der Waals surface area contributed by atoms with Gasteiger partial charge in [-0.1, -0.05) is 35.9 Å². The van der Waals surface area contributed by atoms with Crippen molar-refractivity contribution in [2.24, 2.45) is 5.14 Å². The van der Waals surface area contributed by atoms with E-state index in [-0.39, 0.29) is 28.4 Å². The average molecular weight is 570 g/mol. The maximum Gasteiger partial charge on any atom is 0.252 e. The minimum atomic E-state index is -4.25. The van der Waals surface area contributed by atoms with E-state index >= 15 is 0 Å². The number of hydrogen-bond donors (Lipinski definition) is 1. The molecule has 1 heterocycles. The fourth-order valence-electron chi connectivity index (χ4n) is 4.82. The normalized spacial score (nSPS) is 16.4. The zero-order chi connectivity index (χ0) is 28.9. The molecule has 9 nitrogen and oxygen atoms in total. The van der Waals surface area contributed by atoms with E-state index in [1.165, 1.54) is 24.3 Å². The summed E-state index contributed by atoms with van der Waals surface area (Å²) in [5, 5.41) is 5.16. The van der Waals surface area contributed by atoms with Gasteiger partial charge in [0.1, 0.15) is 6.04 Å². The minimum absolute atomic E-state index is 0.115. The summed E-state index contributed by atoms with van der Waals surface area (Å²) in [4.78, 5) is 27.7. The van der Waals surface area contributed by atoms with Gasteiger partial charge in [0.15, 0.2) is 0 Å². The van der Waals surface area contributed by atoms with E-state index in [1.807, 2.05) is 39.0 Å². The number of primary sulfonamides is 1. The van der Waals surface area contributed by atoms with Crippen LogP contribution in [0.3, 0.4) is 0 Å². The molecule has 1 unspecified atom stereocenters. The predicted octanol–water partition coefficient (Wildman–Crippen LogP) is 3.40. The van der Waals surface area contributed by atoms with Crippen LogP contribution in [0, 0.1) is 34.6 Å². The van der Waals surface area contributed by atoms with Crippen molar-refractivity contribution in [3.63, 3.8) is 0 Å². The Bertz CT molecular complexity index is 1650. The van der Waals surface area contributed by atoms with Crippen molar-refractivity contribution in [3.05, 3.63) is 88.0 Å². The standard InChI is InChI=1S/C28H31N3O6S2/c1-17-6-8-22(9-7-17)16-30(39(36,37)27-20(4)18(2)14-19(3)21(27)5)25-15-26(32)31(28(25)33)23-10-12-24(13-11-23)38(29,34)35/h6-14,25H,15-16H2,1-5H3,(H2,29,34,35). The third kappa shape index (κ3) is 5.40. The van der Waals surface area contributed by atoms with Crippen molar-refractivity contribution >= 4 is 37.5 Å². The molecule has 1 fully saturated rings. The fourth-order valence-corrected chi connectivity index (χ4v) is 7.48. The summed E-state index contributed by atoms with van der Waals surface area (Å²) in [6.45, 7) is 8.94. The number of benzene rings is 3. The molecule has 206 valence electrons. The van der Waals surface area contributed by atoms with Crippen LogP contribution in [0.1, 0.15) is 39.8 Å². The first-order chi connectivity index (χ1) is 18.1. The molecular weight excluding hydrogens is 538 g/mol. The molecule has 11 heteroatoms. The molecule has 1 aliphatic heterocycles. The van der Waals surface area contributed by atoms with Gasteiger partial charge in [-0.25, -0.2) is 26.9 Å². The van der Waals surface area contributed by atoms with Crippen LogP contribution in [-0.4, -0.2) is 39.0 Å². The SMILES string of the molecule is Cc1ccc(CN(C2CC(=O)N(c3ccc(S(N)(=O)=O)cc3)C2=O)S(=O)(=O)c2c(C)c(C)cc(C)c2C)cc1. The zero-order valence-electron chi connectivity index (χ0n) is 22.4. The third-order valence-electron chi connectivity index (χ3n) is 7.22. The molecular formula is C28H31N3O6S2. The summed E-state index contributed by atoms with van der Waals surface area (Å²) in [5.41, 5.74) is 4.56. The minimum Gasteiger partial charge on any atom is -0.274 e. The van der Waals surface area contributed by atoms with Gasteiger partial charge in [-0.05, 0) is 86.7 Å². The Labute approximate surface area is 229 Å². The third-order valence-corrected chi connectivity index (χ3v) is 10.3. The molecule has 4 rings (SSSR count). The van der Waals surface area contributed by atoms with Gasteiger partial charge in [0, 0.05) is 6.54 Å². The van der Waals surface area contributed by atoms with Crippen LogP contribution in [-0.2, 0) is 36.2 Å². The first kappa shape index (κ1) is 28.6. The lowest BCUT2D eigenvalue weighted by atomic mass is 10.0. The van der Waals surface area contributed by atoms with Crippen molar-refractivity contribution in [2.75, 3.05) is 4.90 Å². The Hall–Kier alpha value is -3.38. The van der Waals surface area contributed by atoms with E-state index in [4.69, 9.17) is 5.14 Å². The highest BCUT2D eigenvalue weighted by atomic mass is 32.2. The van der Waals surface area contributed by atoms with E-state index in [0.29, 0.717) is 16.7 Å². The molecule has 2 amide bonds. The van der Waals surface area contributed by atoms with Crippen LogP contribution in [0.15, 0.2) is 64.4 Å². The van der Waals surface area contributed by atoms with E-state index < -0.39 is 37.9 Å². The Morgan fingerprint density at radius 2 is 1.38 bits per heavy atom. The van der Waals surface area contributed by atoms with Gasteiger partial charge in [0.25, 0.3) is 5.91 Å². The number of rotatable bonds is 7. The quantitative estimate of drug-likeness (QED) is 0.434. The summed E-state index contributed by atoms with van der Waals surface area (Å²) in [5.74, 6) is -1.30. The highest BCUT2D eigenvalue weighted by Crippen LogP contribution is 2.34. The molecule has 0 aliphatic carbocycles. The second-order valence-electron chi connectivity index (χ2n) is 9.95. The zero-order valence-corrected chi connectivity index (χ0v) is 24.1. The van der Waals surface area contributed by atoms with Gasteiger partial charge in [-0.3, -0.25) is 9.59 Å². The van der Waals surface area contributed by atoms with E-state index in [0.717, 1.165) is 25.9 Å². The molecule has 0 aromatic heterocycles. The van der Waals surface area contributed by atoms with E-state index in [2.05, 4.69) is 0 Å². The Kier molecular flexibility index (Phi) is 7.56. The molecule has 3 aromatic carbocycles. The highest BCUT2D eigenvalue weighted by Gasteiger charge is 2.47. The summed E-state index contributed by atoms with van der Waals surface area (Å²) in [6, 6.07) is 12.9. The van der Waals surface area contributed by atoms with Crippen molar-refractivity contribution in [1.82, 2.24) is 4.31 Å². The van der Waals surface area contributed by atoms with E-state index in [9.17, 15) is 26.4 Å². The van der Waals surface area contributed by atoms with Gasteiger partial charge >= 0.3 is 0 Å². The smallest absolute Gasteiger partial charge is 0.252 e. The molecule has 1 saturated heterocycles. The monoisotopic (exact) mass is 569 g/mol. The van der Waals surface area contributed by atoms with Gasteiger partial charge in [0.05, 0.1) is 21.9 Å². The van der Waals surface area contributed by atoms with Crippen LogP contribution < -0.4 is 10.0 Å². The van der Waals surface area contributed by atoms with Crippen molar-refractivity contribution < 1.29 is 26.4 Å². The maximum absolute atomic E-state index is 14.4. The summed E-state index contributed by atoms with van der Waals surface area (Å²) in [6.07, 6.45) is -0.357. The number of hydrogen-bond acceptors (Lipinski definition) is 6. The van der Waals surface area contributed by atoms with Gasteiger partial charge < -0.3 is 0 Å². The first-order valence-corrected chi connectivity index (χ1v) is 15.3. The number of aryl methyl sites for hydroxylation is 3. The van der Waals surface area contributed by atoms with Crippen LogP contribution in [0.4, 0.5) is 5.69 Å². The molecule has 0 saturated carbocycles. The largest absolute Gasteiger partial charge is 0.274 e. The fraction of sp³-hybridized carbons (Fsp3) is 0.286. The highest BCUT2D eigenvalue weighted by molar-refractivity contribution is 7.89. The van der Waals surface area contributed by atoms with Crippen molar-refractivity contribution in [1.29, 1.82) is 0 Å². The van der Waals surface area contributed by atoms with Crippen LogP contribution in [0.25, 0.3) is 0 Å². The number of anilines is 1. The van der Waals surface area contributed by atoms with Crippen molar-refractivity contribution in [3.8, 4) is 0 Å². The van der Waals surface area contributed by atoms with Crippen molar-refractivity contribution in [2.45, 2.75) is 63.4 Å². The Balaban J connectivity index is 1.82. The number of nitrogens with two attached hydrogens (primary N) is 1. The number of carbonyl (C=O) groups is 2. The maximum atomic E-state index is 14.4. The number of carbonyl (C=O) groups excluding carboxylic acids is 2. The topological polar surface area (TPSA) is 135 Å². The number of sulfonamides is 2. The number of amides is 2. The van der Waals surface area contributed by atoms with Gasteiger partial charge in [0.2, 0.25) is 26.0 Å².